The second-order valence-electron chi connectivity index (χ2n) is 5.16. The summed E-state index contributed by atoms with van der Waals surface area (Å²) in [5, 5.41) is 10.9. The van der Waals surface area contributed by atoms with E-state index in [-0.39, 0.29) is 6.10 Å². The zero-order chi connectivity index (χ0) is 13.1. The van der Waals surface area contributed by atoms with Crippen LogP contribution in [0.1, 0.15) is 24.3 Å². The summed E-state index contributed by atoms with van der Waals surface area (Å²) >= 11 is 3.91. The van der Waals surface area contributed by atoms with E-state index in [1.807, 2.05) is 35.7 Å². The lowest BCUT2D eigenvalue weighted by Gasteiger charge is -2.31. The van der Waals surface area contributed by atoms with Gasteiger partial charge in [0.2, 0.25) is 0 Å². The molecule has 4 heteroatoms. The van der Waals surface area contributed by atoms with E-state index in [1.165, 1.54) is 17.1 Å². The highest BCUT2D eigenvalue weighted by atomic mass is 32.2. The van der Waals surface area contributed by atoms with Gasteiger partial charge in [0.25, 0.3) is 0 Å². The van der Waals surface area contributed by atoms with Crippen LogP contribution in [0.4, 0.5) is 0 Å². The molecule has 19 heavy (non-hydrogen) atoms. The fraction of sp³-hybridized carbons (Fsp3) is 0.600. The Bertz CT molecular complexity index is 418. The van der Waals surface area contributed by atoms with Gasteiger partial charge in [-0.2, -0.15) is 23.5 Å². The fourth-order valence-electron chi connectivity index (χ4n) is 2.83. The Labute approximate surface area is 123 Å². The van der Waals surface area contributed by atoms with Gasteiger partial charge in [-0.25, -0.2) is 0 Å². The van der Waals surface area contributed by atoms with Gasteiger partial charge in [-0.15, -0.1) is 0 Å². The SMILES string of the molecule is OC(CC1CCOc2ccccc21)C1CSCCS1. The summed E-state index contributed by atoms with van der Waals surface area (Å²) in [5.74, 6) is 4.96. The summed E-state index contributed by atoms with van der Waals surface area (Å²) < 4.78 is 5.69. The number of aliphatic hydroxyl groups is 1. The van der Waals surface area contributed by atoms with E-state index in [1.54, 1.807) is 0 Å². The molecule has 2 aliphatic heterocycles. The molecule has 0 amide bonds. The normalized spacial score (nSPS) is 28.3. The molecule has 1 saturated heterocycles. The minimum Gasteiger partial charge on any atom is -0.493 e. The average molecular weight is 296 g/mol. The predicted octanol–water partition coefficient (Wildman–Crippen LogP) is 3.15. The molecule has 0 bridgehead atoms. The van der Waals surface area contributed by atoms with Gasteiger partial charge in [0.1, 0.15) is 5.75 Å². The Balaban J connectivity index is 1.66. The maximum atomic E-state index is 10.5. The monoisotopic (exact) mass is 296 g/mol. The van der Waals surface area contributed by atoms with Crippen LogP contribution < -0.4 is 4.74 Å². The topological polar surface area (TPSA) is 29.5 Å². The molecule has 0 spiro atoms. The van der Waals surface area contributed by atoms with Crippen LogP contribution in [0.2, 0.25) is 0 Å². The summed E-state index contributed by atoms with van der Waals surface area (Å²) in [4.78, 5) is 0. The van der Waals surface area contributed by atoms with Crippen LogP contribution >= 0.6 is 23.5 Å². The molecule has 3 rings (SSSR count). The van der Waals surface area contributed by atoms with Crippen molar-refractivity contribution in [2.75, 3.05) is 23.9 Å². The summed E-state index contributed by atoms with van der Waals surface area (Å²) in [5.41, 5.74) is 1.28. The van der Waals surface area contributed by atoms with Crippen LogP contribution in [0.25, 0.3) is 0 Å². The van der Waals surface area contributed by atoms with Crippen LogP contribution in [0.15, 0.2) is 24.3 Å². The molecule has 0 saturated carbocycles. The summed E-state index contributed by atoms with van der Waals surface area (Å²) in [6.45, 7) is 0.779. The fourth-order valence-corrected chi connectivity index (χ4v) is 5.62. The van der Waals surface area contributed by atoms with Crippen molar-refractivity contribution >= 4 is 23.5 Å². The van der Waals surface area contributed by atoms with E-state index >= 15 is 0 Å². The van der Waals surface area contributed by atoms with Gasteiger partial charge in [-0.05, 0) is 30.4 Å². The molecule has 3 unspecified atom stereocenters. The molecule has 1 aromatic rings. The molecule has 0 radical (unpaired) electrons. The highest BCUT2D eigenvalue weighted by Crippen LogP contribution is 2.38. The highest BCUT2D eigenvalue weighted by molar-refractivity contribution is 8.06. The Morgan fingerprint density at radius 1 is 1.32 bits per heavy atom. The van der Waals surface area contributed by atoms with E-state index in [2.05, 4.69) is 12.1 Å². The van der Waals surface area contributed by atoms with Crippen molar-refractivity contribution in [2.45, 2.75) is 30.1 Å². The third-order valence-electron chi connectivity index (χ3n) is 3.88. The predicted molar refractivity (Wildman–Crippen MR) is 83.5 cm³/mol. The Morgan fingerprint density at radius 2 is 2.21 bits per heavy atom. The molecule has 2 heterocycles. The molecule has 2 aliphatic rings. The van der Waals surface area contributed by atoms with Crippen molar-refractivity contribution in [3.63, 3.8) is 0 Å². The van der Waals surface area contributed by atoms with Gasteiger partial charge < -0.3 is 9.84 Å². The Morgan fingerprint density at radius 3 is 3.05 bits per heavy atom. The molecule has 104 valence electrons. The van der Waals surface area contributed by atoms with E-state index in [0.717, 1.165) is 31.0 Å². The molecule has 3 atom stereocenters. The van der Waals surface area contributed by atoms with Gasteiger partial charge in [-0.1, -0.05) is 18.2 Å². The number of hydrogen-bond acceptors (Lipinski definition) is 4. The Hall–Kier alpha value is -0.320. The number of thioether (sulfide) groups is 2. The van der Waals surface area contributed by atoms with E-state index in [0.29, 0.717) is 11.2 Å². The van der Waals surface area contributed by atoms with E-state index in [4.69, 9.17) is 4.74 Å². The number of aliphatic hydroxyl groups excluding tert-OH is 1. The summed E-state index contributed by atoms with van der Waals surface area (Å²) in [7, 11) is 0. The van der Waals surface area contributed by atoms with Gasteiger partial charge >= 0.3 is 0 Å². The standard InChI is InChI=1S/C15H20O2S2/c16-13(15-10-18-7-8-19-15)9-11-5-6-17-14-4-2-1-3-12(11)14/h1-4,11,13,15-16H,5-10H2. The first-order chi connectivity index (χ1) is 9.34. The quantitative estimate of drug-likeness (QED) is 0.928. The van der Waals surface area contributed by atoms with Gasteiger partial charge in [-0.3, -0.25) is 0 Å². The number of benzene rings is 1. The Kier molecular flexibility index (Phi) is 4.61. The summed E-state index contributed by atoms with van der Waals surface area (Å²) in [6.07, 6.45) is 1.71. The number of hydrogen-bond donors (Lipinski definition) is 1. The van der Waals surface area contributed by atoms with Crippen molar-refractivity contribution in [3.05, 3.63) is 29.8 Å². The smallest absolute Gasteiger partial charge is 0.122 e. The third kappa shape index (κ3) is 3.23. The number of para-hydroxylation sites is 1. The van der Waals surface area contributed by atoms with Crippen LogP contribution in [0.3, 0.4) is 0 Å². The zero-order valence-corrected chi connectivity index (χ0v) is 12.6. The van der Waals surface area contributed by atoms with E-state index < -0.39 is 0 Å². The maximum Gasteiger partial charge on any atom is 0.122 e. The van der Waals surface area contributed by atoms with Crippen LogP contribution in [0, 0.1) is 0 Å². The van der Waals surface area contributed by atoms with Crippen molar-refractivity contribution in [2.24, 2.45) is 0 Å². The van der Waals surface area contributed by atoms with E-state index in [9.17, 15) is 5.11 Å². The van der Waals surface area contributed by atoms with Crippen LogP contribution in [0.5, 0.6) is 5.75 Å². The van der Waals surface area contributed by atoms with Crippen LogP contribution in [-0.4, -0.2) is 40.3 Å². The summed E-state index contributed by atoms with van der Waals surface area (Å²) in [6, 6.07) is 8.27. The van der Waals surface area contributed by atoms with Gasteiger partial charge in [0.15, 0.2) is 0 Å². The lowest BCUT2D eigenvalue weighted by Crippen LogP contribution is -2.31. The first-order valence-electron chi connectivity index (χ1n) is 6.94. The number of ether oxygens (including phenoxy) is 1. The largest absolute Gasteiger partial charge is 0.493 e. The van der Waals surface area contributed by atoms with Gasteiger partial charge in [0.05, 0.1) is 12.7 Å². The molecule has 1 N–H and O–H groups in total. The average Bonchev–Trinajstić information content (AvgIpc) is 2.48. The minimum atomic E-state index is -0.186. The van der Waals surface area contributed by atoms with Crippen molar-refractivity contribution < 1.29 is 9.84 Å². The lowest BCUT2D eigenvalue weighted by atomic mass is 9.87. The van der Waals surface area contributed by atoms with Crippen molar-refractivity contribution in [1.29, 1.82) is 0 Å². The molecule has 0 aromatic heterocycles. The zero-order valence-electron chi connectivity index (χ0n) is 11.0. The second kappa shape index (κ2) is 6.42. The molecule has 1 fully saturated rings. The highest BCUT2D eigenvalue weighted by Gasteiger charge is 2.28. The number of fused-ring (bicyclic) bond motifs is 1. The first-order valence-corrected chi connectivity index (χ1v) is 9.14. The van der Waals surface area contributed by atoms with Crippen LogP contribution in [-0.2, 0) is 0 Å². The van der Waals surface area contributed by atoms with Crippen molar-refractivity contribution in [3.8, 4) is 5.75 Å². The second-order valence-corrected chi connectivity index (χ2v) is 7.66. The number of rotatable bonds is 3. The maximum absolute atomic E-state index is 10.5. The molecule has 1 aromatic carbocycles. The minimum absolute atomic E-state index is 0.186. The molecular formula is C15H20O2S2. The third-order valence-corrected chi connectivity index (χ3v) is 6.79. The molecular weight excluding hydrogens is 276 g/mol. The molecule has 0 aliphatic carbocycles. The first kappa shape index (κ1) is 13.7. The molecule has 2 nitrogen and oxygen atoms in total. The lowest BCUT2D eigenvalue weighted by molar-refractivity contribution is 0.145. The van der Waals surface area contributed by atoms with Gasteiger partial charge in [0, 0.05) is 22.5 Å². The van der Waals surface area contributed by atoms with Crippen molar-refractivity contribution in [1.82, 2.24) is 0 Å².